The smallest absolute Gasteiger partial charge is 0.457 e. The molecule has 1 aliphatic rings. The summed E-state index contributed by atoms with van der Waals surface area (Å²) in [6, 6.07) is 0. The molecule has 13 heteroatoms. The molecule has 320 valence electrons. The topological polar surface area (TPSA) is 192 Å². The summed E-state index contributed by atoms with van der Waals surface area (Å²) in [5, 5.41) is 50.0. The van der Waals surface area contributed by atoms with Crippen LogP contribution in [0.3, 0.4) is 0 Å². The lowest BCUT2D eigenvalue weighted by Gasteiger charge is -2.41. The van der Waals surface area contributed by atoms with Gasteiger partial charge in [-0.2, -0.15) is 0 Å². The number of unbranched alkanes of at least 4 members (excludes halogenated alkanes) is 22. The maximum absolute atomic E-state index is 12.8. The molecule has 1 aliphatic carbocycles. The van der Waals surface area contributed by atoms with Crippen molar-refractivity contribution in [2.75, 3.05) is 19.8 Å². The van der Waals surface area contributed by atoms with E-state index in [-0.39, 0.29) is 13.0 Å². The van der Waals surface area contributed by atoms with Crippen LogP contribution < -0.4 is 0 Å². The molecule has 0 saturated heterocycles. The van der Waals surface area contributed by atoms with Crippen LogP contribution in [0, 0.1) is 0 Å². The summed E-state index contributed by atoms with van der Waals surface area (Å²) < 4.78 is 34.1. The van der Waals surface area contributed by atoms with Crippen molar-refractivity contribution in [3.05, 3.63) is 12.2 Å². The van der Waals surface area contributed by atoms with E-state index in [1.165, 1.54) is 96.3 Å². The molecule has 6 unspecified atom stereocenters. The zero-order valence-electron chi connectivity index (χ0n) is 33.8. The standard InChI is InChI=1S/C41H79O12P/c1-3-5-7-9-11-13-15-16-17-18-19-21-23-25-27-29-31-50-32-34(52-35(42)30-28-26-24-22-20-14-12-10-8-6-4-2)33-51-54(48,49)53-41-39(46)37(44)36(43)38(45)40(41)47/h10,12,34,36-41,43-47H,3-9,11,13-33H2,1-2H3,(H,48,49)/b12-10-/t34-,36?,37-,38?,39?,40?,41?/m1/s1. The zero-order chi connectivity index (χ0) is 39.9. The Kier molecular flexibility index (Phi) is 31.3. The Balaban J connectivity index is 2.41. The van der Waals surface area contributed by atoms with Gasteiger partial charge in [-0.15, -0.1) is 0 Å². The molecule has 0 aromatic carbocycles. The van der Waals surface area contributed by atoms with Crippen molar-refractivity contribution < 1.29 is 58.3 Å². The molecular formula is C41H79O12P. The molecular weight excluding hydrogens is 715 g/mol. The third-order valence-corrected chi connectivity index (χ3v) is 11.1. The van der Waals surface area contributed by atoms with Gasteiger partial charge in [0.25, 0.3) is 0 Å². The van der Waals surface area contributed by atoms with Gasteiger partial charge in [-0.1, -0.05) is 154 Å². The summed E-state index contributed by atoms with van der Waals surface area (Å²) in [4.78, 5) is 23.0. The number of ether oxygens (including phenoxy) is 2. The summed E-state index contributed by atoms with van der Waals surface area (Å²) in [6.07, 6.45) is 21.5. The monoisotopic (exact) mass is 795 g/mol. The highest BCUT2D eigenvalue weighted by Crippen LogP contribution is 2.47. The molecule has 0 aliphatic heterocycles. The van der Waals surface area contributed by atoms with Crippen molar-refractivity contribution >= 4 is 13.8 Å². The first kappa shape index (κ1) is 51.1. The Bertz CT molecular complexity index is 952. The van der Waals surface area contributed by atoms with Crippen LogP contribution in [-0.2, 0) is 27.9 Å². The number of phosphoric acid groups is 1. The summed E-state index contributed by atoms with van der Waals surface area (Å²) in [7, 11) is -5.01. The second-order valence-electron chi connectivity index (χ2n) is 15.2. The van der Waals surface area contributed by atoms with Gasteiger partial charge in [0.1, 0.15) is 42.7 Å². The predicted molar refractivity (Wildman–Crippen MR) is 212 cm³/mol. The Morgan fingerprint density at radius 2 is 1.00 bits per heavy atom. The fourth-order valence-electron chi connectivity index (χ4n) is 6.63. The number of carbonyl (C=O) groups excluding carboxylic acids is 1. The van der Waals surface area contributed by atoms with Gasteiger partial charge in [0.15, 0.2) is 0 Å². The van der Waals surface area contributed by atoms with E-state index in [2.05, 4.69) is 26.0 Å². The van der Waals surface area contributed by atoms with E-state index in [4.69, 9.17) is 18.5 Å². The maximum Gasteiger partial charge on any atom is 0.472 e. The number of hydrogen-bond acceptors (Lipinski definition) is 11. The predicted octanol–water partition coefficient (Wildman–Crippen LogP) is 7.97. The second kappa shape index (κ2) is 33.1. The highest BCUT2D eigenvalue weighted by atomic mass is 31.2. The first-order valence-electron chi connectivity index (χ1n) is 21.5. The molecule has 0 radical (unpaired) electrons. The maximum atomic E-state index is 12.8. The lowest BCUT2D eigenvalue weighted by atomic mass is 9.85. The van der Waals surface area contributed by atoms with Gasteiger partial charge < -0.3 is 39.9 Å². The van der Waals surface area contributed by atoms with Crippen LogP contribution in [0.4, 0.5) is 0 Å². The van der Waals surface area contributed by atoms with E-state index in [0.717, 1.165) is 57.8 Å². The SMILES string of the molecule is CCCC/C=C\CCCCCCCC(=O)O[C@H](COCCCCCCCCCCCCCCCCCC)COP(=O)(O)OC1C(O)C(O)C(O)[C@@H](O)C1O. The molecule has 54 heavy (non-hydrogen) atoms. The first-order valence-corrected chi connectivity index (χ1v) is 23.0. The summed E-state index contributed by atoms with van der Waals surface area (Å²) >= 11 is 0. The van der Waals surface area contributed by atoms with E-state index in [1.807, 2.05) is 0 Å². The lowest BCUT2D eigenvalue weighted by molar-refractivity contribution is -0.220. The molecule has 1 saturated carbocycles. The lowest BCUT2D eigenvalue weighted by Crippen LogP contribution is -2.64. The Hall–Kier alpha value is -0.920. The molecule has 6 N–H and O–H groups in total. The minimum Gasteiger partial charge on any atom is -0.457 e. The summed E-state index contributed by atoms with van der Waals surface area (Å²) in [6.45, 7) is 4.21. The molecule has 0 aromatic heterocycles. The van der Waals surface area contributed by atoms with Crippen molar-refractivity contribution in [3.8, 4) is 0 Å². The fraction of sp³-hybridized carbons (Fsp3) is 0.927. The molecule has 0 spiro atoms. The number of esters is 1. The van der Waals surface area contributed by atoms with Gasteiger partial charge in [0, 0.05) is 13.0 Å². The zero-order valence-corrected chi connectivity index (χ0v) is 34.7. The number of hydrogen-bond donors (Lipinski definition) is 6. The van der Waals surface area contributed by atoms with Gasteiger partial charge in [-0.05, 0) is 32.1 Å². The number of allylic oxidation sites excluding steroid dienone is 2. The minimum atomic E-state index is -5.01. The molecule has 0 bridgehead atoms. The van der Waals surface area contributed by atoms with E-state index in [1.54, 1.807) is 0 Å². The van der Waals surface area contributed by atoms with E-state index in [9.17, 15) is 39.8 Å². The van der Waals surface area contributed by atoms with Crippen molar-refractivity contribution in [2.45, 2.75) is 224 Å². The molecule has 8 atom stereocenters. The molecule has 0 aromatic rings. The summed E-state index contributed by atoms with van der Waals surface area (Å²) in [5.74, 6) is -0.486. The minimum absolute atomic E-state index is 0.0748. The van der Waals surface area contributed by atoms with Gasteiger partial charge in [0.2, 0.25) is 0 Å². The largest absolute Gasteiger partial charge is 0.472 e. The quantitative estimate of drug-likeness (QED) is 0.0155. The highest BCUT2D eigenvalue weighted by Gasteiger charge is 2.51. The number of aliphatic hydroxyl groups is 5. The van der Waals surface area contributed by atoms with Crippen LogP contribution in [0.15, 0.2) is 12.2 Å². The van der Waals surface area contributed by atoms with Gasteiger partial charge >= 0.3 is 13.8 Å². The normalized spacial score (nSPS) is 23.5. The van der Waals surface area contributed by atoms with E-state index < -0.39 is 63.1 Å². The summed E-state index contributed by atoms with van der Waals surface area (Å²) in [5.41, 5.74) is 0. The third kappa shape index (κ3) is 25.4. The van der Waals surface area contributed by atoms with Crippen LogP contribution in [0.25, 0.3) is 0 Å². The molecule has 1 fully saturated rings. The average Bonchev–Trinajstić information content (AvgIpc) is 3.15. The van der Waals surface area contributed by atoms with Gasteiger partial charge in [0.05, 0.1) is 13.2 Å². The highest BCUT2D eigenvalue weighted by molar-refractivity contribution is 7.47. The van der Waals surface area contributed by atoms with Crippen molar-refractivity contribution in [2.24, 2.45) is 0 Å². The molecule has 0 heterocycles. The van der Waals surface area contributed by atoms with Crippen LogP contribution >= 0.6 is 7.82 Å². The van der Waals surface area contributed by atoms with Crippen LogP contribution in [0.1, 0.15) is 181 Å². The van der Waals surface area contributed by atoms with Gasteiger partial charge in [-0.3, -0.25) is 13.8 Å². The van der Waals surface area contributed by atoms with Crippen LogP contribution in [0.2, 0.25) is 0 Å². The Labute approximate surface area is 327 Å². The third-order valence-electron chi connectivity index (χ3n) is 10.1. The van der Waals surface area contributed by atoms with E-state index in [0.29, 0.717) is 13.0 Å². The first-order chi connectivity index (χ1) is 26.0. The molecule has 1 rings (SSSR count). The number of aliphatic hydroxyl groups excluding tert-OH is 5. The fourth-order valence-corrected chi connectivity index (χ4v) is 7.60. The molecule has 12 nitrogen and oxygen atoms in total. The van der Waals surface area contributed by atoms with E-state index >= 15 is 0 Å². The van der Waals surface area contributed by atoms with Crippen LogP contribution in [0.5, 0.6) is 0 Å². The number of carbonyl (C=O) groups is 1. The van der Waals surface area contributed by atoms with Gasteiger partial charge in [-0.25, -0.2) is 4.57 Å². The Morgan fingerprint density at radius 1 is 0.574 bits per heavy atom. The van der Waals surface area contributed by atoms with Crippen molar-refractivity contribution in [1.29, 1.82) is 0 Å². The second-order valence-corrected chi connectivity index (χ2v) is 16.6. The van der Waals surface area contributed by atoms with Crippen molar-refractivity contribution in [3.63, 3.8) is 0 Å². The average molecular weight is 795 g/mol. The molecule has 0 amide bonds. The van der Waals surface area contributed by atoms with Crippen LogP contribution in [-0.4, -0.2) is 98.9 Å². The number of phosphoric ester groups is 1. The Morgan fingerprint density at radius 3 is 1.52 bits per heavy atom. The number of rotatable bonds is 36. The van der Waals surface area contributed by atoms with Crippen molar-refractivity contribution in [1.82, 2.24) is 0 Å².